The summed E-state index contributed by atoms with van der Waals surface area (Å²) in [6.45, 7) is 0. The number of phenolic OH excluding ortho intramolecular Hbond substituents is 1. The number of hydrogen-bond acceptors (Lipinski definition) is 3. The van der Waals surface area contributed by atoms with Crippen molar-refractivity contribution in [1.82, 2.24) is 0 Å². The molecule has 6 heteroatoms. The highest BCUT2D eigenvalue weighted by Gasteiger charge is 2.16. The van der Waals surface area contributed by atoms with Gasteiger partial charge in [0.05, 0.1) is 10.0 Å². The van der Waals surface area contributed by atoms with Gasteiger partial charge in [-0.15, -0.1) is 0 Å². The second-order valence-electron chi connectivity index (χ2n) is 2.28. The summed E-state index contributed by atoms with van der Waals surface area (Å²) in [7, 11) is 0. The number of benzene rings is 1. The maximum atomic E-state index is 10.8. The van der Waals surface area contributed by atoms with Crippen LogP contribution < -0.4 is 5.73 Å². The minimum absolute atomic E-state index is 0.0377. The summed E-state index contributed by atoms with van der Waals surface area (Å²) in [5.74, 6) is -1.31. The van der Waals surface area contributed by atoms with Crippen molar-refractivity contribution in [2.75, 3.05) is 0 Å². The van der Waals surface area contributed by atoms with E-state index < -0.39 is 5.91 Å². The maximum absolute atomic E-state index is 10.8. The molecule has 1 rings (SSSR count). The summed E-state index contributed by atoms with van der Waals surface area (Å²) in [4.78, 5) is 10.8. The third-order valence-corrected chi connectivity index (χ3v) is 2.79. The van der Waals surface area contributed by atoms with Gasteiger partial charge >= 0.3 is 0 Å². The second-order valence-corrected chi connectivity index (χ2v) is 3.93. The lowest BCUT2D eigenvalue weighted by atomic mass is 10.2. The van der Waals surface area contributed by atoms with Crippen LogP contribution in [0, 0.1) is 0 Å². The van der Waals surface area contributed by atoms with Crippen molar-refractivity contribution < 1.29 is 15.0 Å². The van der Waals surface area contributed by atoms with Crippen LogP contribution in [0.5, 0.6) is 11.5 Å². The number of rotatable bonds is 1. The average molecular weight is 311 g/mol. The summed E-state index contributed by atoms with van der Waals surface area (Å²) in [5, 5.41) is 18.6. The molecule has 0 fully saturated rings. The Bertz CT molecular complexity index is 378. The molecule has 0 aliphatic carbocycles. The van der Waals surface area contributed by atoms with Crippen LogP contribution >= 0.6 is 31.9 Å². The van der Waals surface area contributed by atoms with Gasteiger partial charge in [-0.05, 0) is 37.9 Å². The highest BCUT2D eigenvalue weighted by Crippen LogP contribution is 2.40. The number of amides is 1. The predicted octanol–water partition coefficient (Wildman–Crippen LogP) is 1.72. The van der Waals surface area contributed by atoms with Crippen LogP contribution in [0.15, 0.2) is 15.0 Å². The molecular weight excluding hydrogens is 306 g/mol. The normalized spacial score (nSPS) is 10.0. The smallest absolute Gasteiger partial charge is 0.252 e. The SMILES string of the molecule is NC(=O)c1cc(Br)c(O)c(Br)c1O. The molecule has 0 bridgehead atoms. The lowest BCUT2D eigenvalue weighted by Gasteiger charge is -2.06. The molecule has 0 heterocycles. The van der Waals surface area contributed by atoms with Gasteiger partial charge < -0.3 is 15.9 Å². The van der Waals surface area contributed by atoms with Crippen molar-refractivity contribution in [3.63, 3.8) is 0 Å². The van der Waals surface area contributed by atoms with E-state index in [-0.39, 0.29) is 26.0 Å². The van der Waals surface area contributed by atoms with Crippen LogP contribution in [-0.4, -0.2) is 16.1 Å². The van der Waals surface area contributed by atoms with E-state index in [1.807, 2.05) is 0 Å². The Hall–Kier alpha value is -0.750. The van der Waals surface area contributed by atoms with Crippen molar-refractivity contribution in [2.24, 2.45) is 5.73 Å². The van der Waals surface area contributed by atoms with Crippen molar-refractivity contribution in [3.8, 4) is 11.5 Å². The third kappa shape index (κ3) is 1.78. The first-order valence-corrected chi connectivity index (χ1v) is 4.73. The summed E-state index contributed by atoms with van der Waals surface area (Å²) in [6, 6.07) is 1.25. The minimum atomic E-state index is -0.765. The zero-order chi connectivity index (χ0) is 10.2. The molecule has 0 aliphatic heterocycles. The van der Waals surface area contributed by atoms with E-state index >= 15 is 0 Å². The molecule has 0 radical (unpaired) electrons. The molecule has 0 spiro atoms. The molecule has 1 aromatic carbocycles. The van der Waals surface area contributed by atoms with Gasteiger partial charge in [0, 0.05) is 0 Å². The lowest BCUT2D eigenvalue weighted by molar-refractivity contribution is 0.0997. The number of aromatic hydroxyl groups is 2. The average Bonchev–Trinajstić information content (AvgIpc) is 2.07. The lowest BCUT2D eigenvalue weighted by Crippen LogP contribution is -2.11. The topological polar surface area (TPSA) is 83.6 Å². The number of carbonyl (C=O) groups excluding carboxylic acids is 1. The number of primary amides is 1. The Balaban J connectivity index is 3.50. The Morgan fingerprint density at radius 1 is 1.31 bits per heavy atom. The first-order valence-electron chi connectivity index (χ1n) is 3.15. The van der Waals surface area contributed by atoms with Crippen LogP contribution in [0.1, 0.15) is 10.4 Å². The standard InChI is InChI=1S/C7H5Br2NO3/c8-3-1-2(7(10)13)5(11)4(9)6(3)12/h1,11-12H,(H2,10,13). The van der Waals surface area contributed by atoms with E-state index in [1.54, 1.807) is 0 Å². The van der Waals surface area contributed by atoms with E-state index in [0.717, 1.165) is 0 Å². The quantitative estimate of drug-likeness (QED) is 0.738. The molecule has 0 atom stereocenters. The minimum Gasteiger partial charge on any atom is -0.506 e. The fourth-order valence-electron chi connectivity index (χ4n) is 0.786. The molecule has 0 saturated carbocycles. The van der Waals surface area contributed by atoms with Crippen molar-refractivity contribution in [3.05, 3.63) is 20.6 Å². The van der Waals surface area contributed by atoms with Crippen molar-refractivity contribution in [1.29, 1.82) is 0 Å². The Kier molecular flexibility index (Phi) is 2.82. The van der Waals surface area contributed by atoms with E-state index in [2.05, 4.69) is 31.9 Å². The van der Waals surface area contributed by atoms with Crippen LogP contribution in [0.2, 0.25) is 0 Å². The molecule has 4 nitrogen and oxygen atoms in total. The van der Waals surface area contributed by atoms with E-state index in [9.17, 15) is 15.0 Å². The van der Waals surface area contributed by atoms with Gasteiger partial charge in [0.1, 0.15) is 16.0 Å². The molecule has 4 N–H and O–H groups in total. The molecule has 1 aromatic rings. The number of carbonyl (C=O) groups is 1. The van der Waals surface area contributed by atoms with E-state index in [0.29, 0.717) is 0 Å². The number of halogens is 2. The zero-order valence-electron chi connectivity index (χ0n) is 6.21. The molecule has 0 unspecified atom stereocenters. The maximum Gasteiger partial charge on any atom is 0.252 e. The first-order chi connectivity index (χ1) is 5.95. The highest BCUT2D eigenvalue weighted by atomic mass is 79.9. The first kappa shape index (κ1) is 10.3. The van der Waals surface area contributed by atoms with Gasteiger partial charge in [0.2, 0.25) is 0 Å². The summed E-state index contributed by atoms with van der Waals surface area (Å²) >= 11 is 5.91. The molecule has 13 heavy (non-hydrogen) atoms. The Morgan fingerprint density at radius 2 is 1.85 bits per heavy atom. The van der Waals surface area contributed by atoms with Gasteiger partial charge in [-0.25, -0.2) is 0 Å². The molecule has 1 amide bonds. The fourth-order valence-corrected chi connectivity index (χ4v) is 1.91. The Morgan fingerprint density at radius 3 is 2.31 bits per heavy atom. The molecule has 0 saturated heterocycles. The van der Waals surface area contributed by atoms with Gasteiger partial charge in [-0.2, -0.15) is 0 Å². The predicted molar refractivity (Wildman–Crippen MR) is 53.7 cm³/mol. The van der Waals surface area contributed by atoms with Crippen molar-refractivity contribution in [2.45, 2.75) is 0 Å². The summed E-state index contributed by atoms with van der Waals surface area (Å²) in [6.07, 6.45) is 0. The van der Waals surface area contributed by atoms with Crippen LogP contribution in [0.3, 0.4) is 0 Å². The molecule has 0 aliphatic rings. The fraction of sp³-hybridized carbons (Fsp3) is 0. The largest absolute Gasteiger partial charge is 0.506 e. The van der Waals surface area contributed by atoms with Crippen molar-refractivity contribution >= 4 is 37.8 Å². The van der Waals surface area contributed by atoms with Crippen LogP contribution in [0.25, 0.3) is 0 Å². The van der Waals surface area contributed by atoms with E-state index in [4.69, 9.17) is 5.73 Å². The zero-order valence-corrected chi connectivity index (χ0v) is 9.39. The van der Waals surface area contributed by atoms with E-state index in [1.165, 1.54) is 6.07 Å². The Labute approximate surface area is 90.6 Å². The number of nitrogens with two attached hydrogens (primary N) is 1. The summed E-state index contributed by atoms with van der Waals surface area (Å²) < 4.78 is 0.321. The van der Waals surface area contributed by atoms with Crippen LogP contribution in [-0.2, 0) is 0 Å². The van der Waals surface area contributed by atoms with Gasteiger partial charge in [0.25, 0.3) is 5.91 Å². The van der Waals surface area contributed by atoms with Gasteiger partial charge in [-0.1, -0.05) is 0 Å². The number of phenols is 2. The summed E-state index contributed by atoms with van der Waals surface area (Å²) in [5.41, 5.74) is 4.92. The monoisotopic (exact) mass is 309 g/mol. The third-order valence-electron chi connectivity index (χ3n) is 1.43. The van der Waals surface area contributed by atoms with Gasteiger partial charge in [-0.3, -0.25) is 4.79 Å². The highest BCUT2D eigenvalue weighted by molar-refractivity contribution is 9.11. The molecular formula is C7H5Br2NO3. The number of hydrogen-bond donors (Lipinski definition) is 3. The van der Waals surface area contributed by atoms with Gasteiger partial charge in [0.15, 0.2) is 0 Å². The van der Waals surface area contributed by atoms with Crippen LogP contribution in [0.4, 0.5) is 0 Å². The molecule has 70 valence electrons. The second kappa shape index (κ2) is 3.55. The molecule has 0 aromatic heterocycles.